The number of benzene rings is 1. The molecule has 1 N–H and O–H groups in total. The number of pyridine rings is 1. The van der Waals surface area contributed by atoms with Gasteiger partial charge in [0.05, 0.1) is 29.7 Å². The largest absolute Gasteiger partial charge is 0.481 e. The SMILES string of the molecule is COC(=O)N1c2ccc3c(nc(Cc4ccc(OC(F)F)nc4)n3[C@@H]3CCC[C@@H](C(=O)O)C3)c2CC[C@@H]1C. The van der Waals surface area contributed by atoms with E-state index in [2.05, 4.69) is 14.3 Å². The van der Waals surface area contributed by atoms with Crippen LogP contribution in [0.1, 0.15) is 62.0 Å². The minimum Gasteiger partial charge on any atom is -0.481 e. The van der Waals surface area contributed by atoms with Gasteiger partial charge in [-0.05, 0) is 56.7 Å². The zero-order valence-electron chi connectivity index (χ0n) is 21.3. The van der Waals surface area contributed by atoms with Crippen molar-refractivity contribution < 1.29 is 33.0 Å². The van der Waals surface area contributed by atoms with Crippen molar-refractivity contribution in [1.29, 1.82) is 0 Å². The lowest BCUT2D eigenvalue weighted by Gasteiger charge is -2.34. The lowest BCUT2D eigenvalue weighted by molar-refractivity contribution is -0.143. The van der Waals surface area contributed by atoms with Crippen molar-refractivity contribution in [2.45, 2.75) is 70.6 Å². The maximum atomic E-state index is 12.6. The Morgan fingerprint density at radius 2 is 2.00 bits per heavy atom. The summed E-state index contributed by atoms with van der Waals surface area (Å²) in [7, 11) is 1.36. The first-order valence-electron chi connectivity index (χ1n) is 12.8. The number of carbonyl (C=O) groups excluding carboxylic acids is 1. The normalized spacial score (nSPS) is 21.4. The molecule has 1 saturated carbocycles. The molecule has 11 heteroatoms. The van der Waals surface area contributed by atoms with Crippen molar-refractivity contribution in [3.8, 4) is 5.88 Å². The number of amides is 1. The molecule has 3 atom stereocenters. The van der Waals surface area contributed by atoms with E-state index in [1.807, 2.05) is 19.1 Å². The van der Waals surface area contributed by atoms with Gasteiger partial charge < -0.3 is 19.1 Å². The van der Waals surface area contributed by atoms with E-state index >= 15 is 0 Å². The molecule has 9 nitrogen and oxygen atoms in total. The fourth-order valence-corrected chi connectivity index (χ4v) is 5.84. The number of hydrogen-bond donors (Lipinski definition) is 1. The number of carbonyl (C=O) groups is 2. The van der Waals surface area contributed by atoms with Gasteiger partial charge in [-0.15, -0.1) is 0 Å². The van der Waals surface area contributed by atoms with Gasteiger partial charge in [0.2, 0.25) is 5.88 Å². The van der Waals surface area contributed by atoms with Crippen LogP contribution in [0.2, 0.25) is 0 Å². The van der Waals surface area contributed by atoms with Crippen LogP contribution in [0, 0.1) is 5.92 Å². The first kappa shape index (κ1) is 25.9. The number of carboxylic acid groups (broad SMARTS) is 1. The molecule has 0 unspecified atom stereocenters. The number of imidazole rings is 1. The number of aliphatic carboxylic acids is 1. The average molecular weight is 529 g/mol. The highest BCUT2D eigenvalue weighted by Gasteiger charge is 2.34. The van der Waals surface area contributed by atoms with E-state index in [-0.39, 0.29) is 18.0 Å². The zero-order valence-corrected chi connectivity index (χ0v) is 21.3. The van der Waals surface area contributed by atoms with E-state index in [0.29, 0.717) is 19.3 Å². The molecule has 0 radical (unpaired) electrons. The van der Waals surface area contributed by atoms with Crippen LogP contribution in [0.4, 0.5) is 19.3 Å². The number of anilines is 1. The van der Waals surface area contributed by atoms with Crippen molar-refractivity contribution in [3.05, 3.63) is 47.4 Å². The van der Waals surface area contributed by atoms with Crippen LogP contribution in [0.25, 0.3) is 11.0 Å². The molecule has 3 aromatic rings. The van der Waals surface area contributed by atoms with Crippen molar-refractivity contribution in [3.63, 3.8) is 0 Å². The molecule has 3 heterocycles. The second-order valence-electron chi connectivity index (χ2n) is 9.97. The van der Waals surface area contributed by atoms with Crippen LogP contribution in [0.3, 0.4) is 0 Å². The molecule has 2 aromatic heterocycles. The molecule has 1 aromatic carbocycles. The number of fused-ring (bicyclic) bond motifs is 3. The number of aromatic nitrogens is 3. The smallest absolute Gasteiger partial charge is 0.414 e. The summed E-state index contributed by atoms with van der Waals surface area (Å²) in [6.45, 7) is -0.971. The Kier molecular flexibility index (Phi) is 7.18. The van der Waals surface area contributed by atoms with Gasteiger partial charge in [0.1, 0.15) is 5.82 Å². The van der Waals surface area contributed by atoms with Crippen LogP contribution in [0.5, 0.6) is 5.88 Å². The molecule has 5 rings (SSSR count). The third kappa shape index (κ3) is 4.89. The second-order valence-corrected chi connectivity index (χ2v) is 9.97. The fourth-order valence-electron chi connectivity index (χ4n) is 5.84. The van der Waals surface area contributed by atoms with Crippen molar-refractivity contribution in [2.75, 3.05) is 12.0 Å². The Morgan fingerprint density at radius 3 is 2.68 bits per heavy atom. The Morgan fingerprint density at radius 1 is 1.18 bits per heavy atom. The lowest BCUT2D eigenvalue weighted by Crippen LogP contribution is -2.42. The van der Waals surface area contributed by atoms with Gasteiger partial charge in [-0.3, -0.25) is 9.69 Å². The van der Waals surface area contributed by atoms with E-state index < -0.39 is 24.6 Å². The minimum atomic E-state index is -2.95. The predicted octanol–water partition coefficient (Wildman–Crippen LogP) is 5.35. The fraction of sp³-hybridized carbons (Fsp3) is 0.481. The summed E-state index contributed by atoms with van der Waals surface area (Å²) < 4.78 is 36.6. The van der Waals surface area contributed by atoms with E-state index in [0.717, 1.165) is 59.4 Å². The summed E-state index contributed by atoms with van der Waals surface area (Å²) in [6.07, 6.45) is 5.68. The monoisotopic (exact) mass is 528 g/mol. The van der Waals surface area contributed by atoms with Crippen molar-refractivity contribution in [2.24, 2.45) is 5.92 Å². The number of aryl methyl sites for hydroxylation is 1. The number of carboxylic acids is 1. The minimum absolute atomic E-state index is 0.0244. The molecule has 1 aliphatic heterocycles. The van der Waals surface area contributed by atoms with Crippen LogP contribution >= 0.6 is 0 Å². The quantitative estimate of drug-likeness (QED) is 0.460. The number of halogens is 2. The standard InChI is InChI=1S/C27H30F2N4O5/c1-15-6-8-19-20(32(15)27(36)37-2)9-10-21-24(19)31-22(12-16-7-11-23(30-14-16)38-26(28)29)33(21)18-5-3-4-17(13-18)25(34)35/h7,9-11,14-15,17-18,26H,3-6,8,12-13H2,1-2H3,(H,34,35)/t15-,17+,18+/m0/s1. The van der Waals surface area contributed by atoms with Crippen LogP contribution in [-0.2, 0) is 22.4 Å². The van der Waals surface area contributed by atoms with Crippen LogP contribution in [-0.4, -0.2) is 51.5 Å². The highest BCUT2D eigenvalue weighted by Crippen LogP contribution is 2.41. The van der Waals surface area contributed by atoms with Gasteiger partial charge in [-0.1, -0.05) is 12.5 Å². The Labute approximate surface area is 218 Å². The number of hydrogen-bond acceptors (Lipinski definition) is 6. The predicted molar refractivity (Wildman–Crippen MR) is 135 cm³/mol. The summed E-state index contributed by atoms with van der Waals surface area (Å²) in [5.74, 6) is -0.656. The van der Waals surface area contributed by atoms with Gasteiger partial charge >= 0.3 is 18.7 Å². The molecule has 0 saturated heterocycles. The summed E-state index contributed by atoms with van der Waals surface area (Å²) in [6, 6.07) is 6.85. The second kappa shape index (κ2) is 10.5. The Hall–Kier alpha value is -3.76. The zero-order chi connectivity index (χ0) is 27.0. The Bertz CT molecular complexity index is 1340. The van der Waals surface area contributed by atoms with Crippen molar-refractivity contribution in [1.82, 2.24) is 14.5 Å². The maximum Gasteiger partial charge on any atom is 0.414 e. The van der Waals surface area contributed by atoms with Gasteiger partial charge in [0, 0.05) is 36.3 Å². The molecule has 1 aliphatic carbocycles. The number of rotatable bonds is 6. The Balaban J connectivity index is 1.59. The van der Waals surface area contributed by atoms with Gasteiger partial charge in [-0.2, -0.15) is 8.78 Å². The third-order valence-electron chi connectivity index (χ3n) is 7.63. The summed E-state index contributed by atoms with van der Waals surface area (Å²) in [5.41, 5.74) is 4.14. The summed E-state index contributed by atoms with van der Waals surface area (Å²) in [5, 5.41) is 9.70. The first-order chi connectivity index (χ1) is 18.3. The highest BCUT2D eigenvalue weighted by atomic mass is 19.3. The molecule has 38 heavy (non-hydrogen) atoms. The first-order valence-corrected chi connectivity index (χ1v) is 12.8. The molecule has 0 bridgehead atoms. The van der Waals surface area contributed by atoms with Gasteiger partial charge in [0.25, 0.3) is 0 Å². The molecular weight excluding hydrogens is 498 g/mol. The maximum absolute atomic E-state index is 12.6. The van der Waals surface area contributed by atoms with Crippen LogP contribution in [0.15, 0.2) is 30.5 Å². The van der Waals surface area contributed by atoms with Gasteiger partial charge in [0.15, 0.2) is 0 Å². The van der Waals surface area contributed by atoms with Crippen molar-refractivity contribution >= 4 is 28.8 Å². The lowest BCUT2D eigenvalue weighted by atomic mass is 9.85. The number of alkyl halides is 2. The molecule has 0 spiro atoms. The molecule has 1 fully saturated rings. The molecular formula is C27H30F2N4O5. The topological polar surface area (TPSA) is 107 Å². The molecule has 1 amide bonds. The van der Waals surface area contributed by atoms with E-state index in [1.165, 1.54) is 19.4 Å². The van der Waals surface area contributed by atoms with E-state index in [1.54, 1.807) is 11.0 Å². The highest BCUT2D eigenvalue weighted by molar-refractivity contribution is 5.95. The molecule has 202 valence electrons. The number of nitrogens with zero attached hydrogens (tertiary/aromatic N) is 4. The summed E-state index contributed by atoms with van der Waals surface area (Å²) >= 11 is 0. The van der Waals surface area contributed by atoms with Crippen LogP contribution < -0.4 is 9.64 Å². The average Bonchev–Trinajstić information content (AvgIpc) is 3.27. The van der Waals surface area contributed by atoms with E-state index in [4.69, 9.17) is 9.72 Å². The molecule has 2 aliphatic rings. The van der Waals surface area contributed by atoms with Gasteiger partial charge in [-0.25, -0.2) is 14.8 Å². The summed E-state index contributed by atoms with van der Waals surface area (Å²) in [4.78, 5) is 35.1. The number of methoxy groups -OCH3 is 1. The third-order valence-corrected chi connectivity index (χ3v) is 7.63. The number of ether oxygens (including phenoxy) is 2. The van der Waals surface area contributed by atoms with E-state index in [9.17, 15) is 23.5 Å².